The number of hydrogen-bond acceptors (Lipinski definition) is 5. The lowest BCUT2D eigenvalue weighted by Crippen LogP contribution is -2.27. The zero-order chi connectivity index (χ0) is 27.6. The van der Waals surface area contributed by atoms with E-state index >= 15 is 0 Å². The monoisotopic (exact) mass is 526 g/mol. The fourth-order valence-corrected chi connectivity index (χ4v) is 4.19. The van der Waals surface area contributed by atoms with E-state index in [0.717, 1.165) is 18.4 Å². The maximum atomic E-state index is 12.6. The van der Waals surface area contributed by atoms with Crippen molar-refractivity contribution in [1.29, 1.82) is 0 Å². The van der Waals surface area contributed by atoms with Crippen LogP contribution in [0.2, 0.25) is 0 Å². The van der Waals surface area contributed by atoms with E-state index in [4.69, 9.17) is 14.7 Å². The van der Waals surface area contributed by atoms with Crippen molar-refractivity contribution in [3.05, 3.63) is 59.7 Å². The SMILES string of the molecule is CCCCCCCCCCCCNC(=O)c1ccc(CN(OCC(=O)O)c2ccccc2OC(C)C)cc1. The van der Waals surface area contributed by atoms with Crippen molar-refractivity contribution in [2.45, 2.75) is 97.6 Å². The van der Waals surface area contributed by atoms with Gasteiger partial charge >= 0.3 is 5.97 Å². The van der Waals surface area contributed by atoms with E-state index in [0.29, 0.717) is 30.1 Å². The summed E-state index contributed by atoms with van der Waals surface area (Å²) < 4.78 is 5.89. The molecule has 0 radical (unpaired) electrons. The molecule has 0 heterocycles. The molecule has 7 heteroatoms. The van der Waals surface area contributed by atoms with E-state index in [1.807, 2.05) is 50.2 Å². The van der Waals surface area contributed by atoms with Gasteiger partial charge in [-0.15, -0.1) is 0 Å². The molecule has 0 aromatic heterocycles. The van der Waals surface area contributed by atoms with Gasteiger partial charge in [0.15, 0.2) is 6.61 Å². The van der Waals surface area contributed by atoms with Crippen LogP contribution in [0.3, 0.4) is 0 Å². The van der Waals surface area contributed by atoms with Crippen LogP contribution < -0.4 is 15.1 Å². The minimum Gasteiger partial charge on any atom is -0.489 e. The van der Waals surface area contributed by atoms with Crippen LogP contribution >= 0.6 is 0 Å². The molecule has 0 fully saturated rings. The van der Waals surface area contributed by atoms with Gasteiger partial charge in [0, 0.05) is 12.1 Å². The first kappa shape index (κ1) is 31.2. The van der Waals surface area contributed by atoms with E-state index < -0.39 is 12.6 Å². The second kappa shape index (κ2) is 18.2. The summed E-state index contributed by atoms with van der Waals surface area (Å²) in [7, 11) is 0. The number of carbonyl (C=O) groups excluding carboxylic acids is 1. The number of carbonyl (C=O) groups is 2. The average Bonchev–Trinajstić information content (AvgIpc) is 2.90. The number of ether oxygens (including phenoxy) is 1. The maximum Gasteiger partial charge on any atom is 0.332 e. The van der Waals surface area contributed by atoms with Crippen molar-refractivity contribution in [1.82, 2.24) is 5.32 Å². The van der Waals surface area contributed by atoms with Gasteiger partial charge in [0.05, 0.1) is 12.6 Å². The minimum atomic E-state index is -1.06. The van der Waals surface area contributed by atoms with Crippen molar-refractivity contribution < 1.29 is 24.3 Å². The van der Waals surface area contributed by atoms with E-state index in [9.17, 15) is 9.59 Å². The predicted molar refractivity (Wildman–Crippen MR) is 153 cm³/mol. The molecule has 1 amide bonds. The Bertz CT molecular complexity index is 946. The fraction of sp³-hybridized carbons (Fsp3) is 0.548. The molecule has 2 aromatic carbocycles. The molecule has 0 saturated heterocycles. The lowest BCUT2D eigenvalue weighted by molar-refractivity contribution is -0.142. The van der Waals surface area contributed by atoms with Gasteiger partial charge in [0.1, 0.15) is 11.4 Å². The molecule has 7 nitrogen and oxygen atoms in total. The van der Waals surface area contributed by atoms with Crippen molar-refractivity contribution in [2.24, 2.45) is 0 Å². The van der Waals surface area contributed by atoms with Crippen LogP contribution in [0.4, 0.5) is 5.69 Å². The van der Waals surface area contributed by atoms with Crippen molar-refractivity contribution >= 4 is 17.6 Å². The number of rotatable bonds is 20. The molecule has 0 saturated carbocycles. The number of nitrogens with zero attached hydrogens (tertiary/aromatic N) is 1. The maximum absolute atomic E-state index is 12.6. The van der Waals surface area contributed by atoms with Crippen LogP contribution in [0.15, 0.2) is 48.5 Å². The fourth-order valence-electron chi connectivity index (χ4n) is 4.19. The van der Waals surface area contributed by atoms with Crippen LogP contribution in [0.1, 0.15) is 101 Å². The number of hydrogen-bond donors (Lipinski definition) is 2. The molecule has 0 aliphatic carbocycles. The number of hydroxylamine groups is 1. The highest BCUT2D eigenvalue weighted by atomic mass is 16.7. The number of unbranched alkanes of at least 4 members (excludes halogenated alkanes) is 9. The largest absolute Gasteiger partial charge is 0.489 e. The number of nitrogens with one attached hydrogen (secondary N) is 1. The van der Waals surface area contributed by atoms with Crippen LogP contribution in [0.5, 0.6) is 5.75 Å². The van der Waals surface area contributed by atoms with E-state index in [1.165, 1.54) is 56.4 Å². The average molecular weight is 527 g/mol. The Kier molecular flexibility index (Phi) is 15.0. The zero-order valence-electron chi connectivity index (χ0n) is 23.4. The summed E-state index contributed by atoms with van der Waals surface area (Å²) in [5.74, 6) is -0.537. The first-order valence-electron chi connectivity index (χ1n) is 14.2. The summed E-state index contributed by atoms with van der Waals surface area (Å²) in [6.45, 7) is 6.61. The van der Waals surface area contributed by atoms with Gasteiger partial charge in [-0.3, -0.25) is 9.63 Å². The van der Waals surface area contributed by atoms with Crippen LogP contribution in [-0.4, -0.2) is 36.2 Å². The van der Waals surface area contributed by atoms with Crippen molar-refractivity contribution in [3.8, 4) is 5.75 Å². The normalized spacial score (nSPS) is 10.9. The summed E-state index contributed by atoms with van der Waals surface area (Å²) in [5.41, 5.74) is 2.11. The molecule has 2 N–H and O–H groups in total. The molecule has 0 atom stereocenters. The lowest BCUT2D eigenvalue weighted by Gasteiger charge is -2.26. The third-order valence-electron chi connectivity index (χ3n) is 6.20. The Balaban J connectivity index is 1.82. The number of aliphatic carboxylic acids is 1. The molecule has 0 unspecified atom stereocenters. The second-order valence-electron chi connectivity index (χ2n) is 9.97. The van der Waals surface area contributed by atoms with Crippen LogP contribution in [-0.2, 0) is 16.2 Å². The summed E-state index contributed by atoms with van der Waals surface area (Å²) in [4.78, 5) is 29.3. The van der Waals surface area contributed by atoms with Crippen molar-refractivity contribution in [3.63, 3.8) is 0 Å². The molecule has 0 aliphatic heterocycles. The van der Waals surface area contributed by atoms with Crippen LogP contribution in [0.25, 0.3) is 0 Å². The predicted octanol–water partition coefficient (Wildman–Crippen LogP) is 7.15. The van der Waals surface area contributed by atoms with E-state index in [1.54, 1.807) is 12.1 Å². The van der Waals surface area contributed by atoms with E-state index in [2.05, 4.69) is 12.2 Å². The van der Waals surface area contributed by atoms with Gasteiger partial charge in [0.2, 0.25) is 0 Å². The Labute approximate surface area is 228 Å². The molecule has 210 valence electrons. The first-order chi connectivity index (χ1) is 18.4. The summed E-state index contributed by atoms with van der Waals surface area (Å²) in [5, 5.41) is 13.7. The van der Waals surface area contributed by atoms with Gasteiger partial charge in [0.25, 0.3) is 5.91 Å². The van der Waals surface area contributed by atoms with Gasteiger partial charge in [-0.25, -0.2) is 9.86 Å². The zero-order valence-corrected chi connectivity index (χ0v) is 23.4. The molecule has 0 aliphatic rings. The third kappa shape index (κ3) is 12.5. The number of amides is 1. The number of benzene rings is 2. The number of carboxylic acid groups (broad SMARTS) is 1. The minimum absolute atomic E-state index is 0.0458. The molecule has 2 rings (SSSR count). The Morgan fingerprint density at radius 1 is 0.868 bits per heavy atom. The Hall–Kier alpha value is -3.06. The van der Waals surface area contributed by atoms with E-state index in [-0.39, 0.29) is 12.0 Å². The summed E-state index contributed by atoms with van der Waals surface area (Å²) in [6, 6.07) is 14.7. The number of carboxylic acids is 1. The number of para-hydroxylation sites is 2. The molecular weight excluding hydrogens is 480 g/mol. The molecule has 38 heavy (non-hydrogen) atoms. The molecule has 2 aromatic rings. The number of anilines is 1. The lowest BCUT2D eigenvalue weighted by atomic mass is 10.1. The van der Waals surface area contributed by atoms with Gasteiger partial charge < -0.3 is 15.2 Å². The highest BCUT2D eigenvalue weighted by molar-refractivity contribution is 5.94. The highest BCUT2D eigenvalue weighted by Gasteiger charge is 2.16. The standard InChI is InChI=1S/C31H46N2O5/c1-4-5-6-7-8-9-10-11-12-15-22-32-31(36)27-20-18-26(19-21-27)23-33(37-24-30(34)35)28-16-13-14-17-29(28)38-25(2)3/h13-14,16-21,25H,4-12,15,22-24H2,1-3H3,(H,32,36)(H,34,35). The highest BCUT2D eigenvalue weighted by Crippen LogP contribution is 2.30. The summed E-state index contributed by atoms with van der Waals surface area (Å²) in [6.07, 6.45) is 12.6. The van der Waals surface area contributed by atoms with Gasteiger partial charge in [-0.2, -0.15) is 0 Å². The van der Waals surface area contributed by atoms with Crippen LogP contribution in [0, 0.1) is 0 Å². The van der Waals surface area contributed by atoms with Gasteiger partial charge in [-0.05, 0) is 50.1 Å². The topological polar surface area (TPSA) is 88.1 Å². The Morgan fingerprint density at radius 3 is 2.08 bits per heavy atom. The second-order valence-corrected chi connectivity index (χ2v) is 9.97. The third-order valence-corrected chi connectivity index (χ3v) is 6.20. The first-order valence-corrected chi connectivity index (χ1v) is 14.2. The molecular formula is C31H46N2O5. The van der Waals surface area contributed by atoms with Gasteiger partial charge in [-0.1, -0.05) is 89.0 Å². The Morgan fingerprint density at radius 2 is 1.47 bits per heavy atom. The molecule has 0 spiro atoms. The van der Waals surface area contributed by atoms with Crippen molar-refractivity contribution in [2.75, 3.05) is 18.2 Å². The molecule has 0 bridgehead atoms. The smallest absolute Gasteiger partial charge is 0.332 e. The summed E-state index contributed by atoms with van der Waals surface area (Å²) >= 11 is 0. The quantitative estimate of drug-likeness (QED) is 0.141.